The third-order valence-electron chi connectivity index (χ3n) is 4.10. The van der Waals surface area contributed by atoms with Gasteiger partial charge < -0.3 is 0 Å². The van der Waals surface area contributed by atoms with Gasteiger partial charge >= 0.3 is 24.7 Å². The van der Waals surface area contributed by atoms with E-state index in [1.54, 1.807) is 0 Å². The molecule has 0 aromatic heterocycles. The van der Waals surface area contributed by atoms with Gasteiger partial charge in [-0.2, -0.15) is 52.7 Å². The van der Waals surface area contributed by atoms with Crippen LogP contribution in [0.25, 0.3) is 0 Å². The van der Waals surface area contributed by atoms with Gasteiger partial charge in [-0.05, 0) is 23.3 Å². The van der Waals surface area contributed by atoms with Crippen LogP contribution in [0, 0.1) is 0 Å². The molecule has 160 valence electrons. The third kappa shape index (κ3) is 4.01. The molecule has 2 aromatic rings. The summed E-state index contributed by atoms with van der Waals surface area (Å²) < 4.78 is 160. The maximum Gasteiger partial charge on any atom is 0.416 e. The van der Waals surface area contributed by atoms with Crippen molar-refractivity contribution in [2.24, 2.45) is 0 Å². The molecule has 0 N–H and O–H groups in total. The Balaban J connectivity index is 2.97. The van der Waals surface area contributed by atoms with E-state index in [9.17, 15) is 52.7 Å². The van der Waals surface area contributed by atoms with Gasteiger partial charge in [0, 0.05) is 0 Å². The Kier molecular flexibility index (Phi) is 5.40. The fourth-order valence-electron chi connectivity index (χ4n) is 2.84. The molecule has 0 aliphatic heterocycles. The minimum atomic E-state index is -6.32. The molecule has 2 rings (SSSR count). The monoisotopic (exact) mass is 440 g/mol. The highest BCUT2D eigenvalue weighted by Crippen LogP contribution is 2.57. The van der Waals surface area contributed by atoms with Gasteiger partial charge in [-0.3, -0.25) is 0 Å². The van der Waals surface area contributed by atoms with Gasteiger partial charge in [0.15, 0.2) is 0 Å². The van der Waals surface area contributed by atoms with Crippen LogP contribution in [0.5, 0.6) is 0 Å². The van der Waals surface area contributed by atoms with Crippen molar-refractivity contribution in [2.75, 3.05) is 0 Å². The smallest absolute Gasteiger partial charge is 0.169 e. The summed E-state index contributed by atoms with van der Waals surface area (Å²) in [6, 6.07) is 0.645. The van der Waals surface area contributed by atoms with E-state index in [0.717, 1.165) is 0 Å². The van der Waals surface area contributed by atoms with Crippen LogP contribution in [-0.2, 0) is 17.8 Å². The molecule has 0 radical (unpaired) electrons. The second-order valence-electron chi connectivity index (χ2n) is 5.90. The number of benzene rings is 2. The Bertz CT molecular complexity index is 794. The predicted molar refractivity (Wildman–Crippen MR) is 75.8 cm³/mol. The van der Waals surface area contributed by atoms with Gasteiger partial charge in [-0.1, -0.05) is 36.4 Å². The van der Waals surface area contributed by atoms with E-state index in [0.29, 0.717) is 12.1 Å². The van der Waals surface area contributed by atoms with Crippen molar-refractivity contribution in [2.45, 2.75) is 30.1 Å². The zero-order valence-corrected chi connectivity index (χ0v) is 13.7. The van der Waals surface area contributed by atoms with Gasteiger partial charge in [-0.25, -0.2) is 0 Å². The molecule has 29 heavy (non-hydrogen) atoms. The number of rotatable bonds is 2. The average Bonchev–Trinajstić information content (AvgIpc) is 2.51. The van der Waals surface area contributed by atoms with Crippen LogP contribution in [0.2, 0.25) is 0 Å². The van der Waals surface area contributed by atoms with Crippen molar-refractivity contribution >= 4 is 0 Å². The second-order valence-corrected chi connectivity index (χ2v) is 5.90. The van der Waals surface area contributed by atoms with Crippen LogP contribution in [0.3, 0.4) is 0 Å². The molecule has 0 heterocycles. The van der Waals surface area contributed by atoms with E-state index in [4.69, 9.17) is 0 Å². The minimum Gasteiger partial charge on any atom is -0.169 e. The van der Waals surface area contributed by atoms with Crippen molar-refractivity contribution in [1.29, 1.82) is 0 Å². The minimum absolute atomic E-state index is 0.135. The molecular formula is C17H8F12. The molecule has 0 amide bonds. The Morgan fingerprint density at radius 3 is 0.931 bits per heavy atom. The van der Waals surface area contributed by atoms with E-state index < -0.39 is 52.4 Å². The zero-order chi connectivity index (χ0) is 22.5. The molecule has 12 heteroatoms. The Hall–Kier alpha value is -2.40. The predicted octanol–water partition coefficient (Wildman–Crippen LogP) is 7.13. The molecule has 0 aliphatic carbocycles. The number of hydrogen-bond acceptors (Lipinski definition) is 0. The maximum absolute atomic E-state index is 13.8. The van der Waals surface area contributed by atoms with E-state index in [1.807, 2.05) is 0 Å². The largest absolute Gasteiger partial charge is 0.416 e. The van der Waals surface area contributed by atoms with Gasteiger partial charge in [0.2, 0.25) is 5.41 Å². The Labute approximate surface area is 154 Å². The lowest BCUT2D eigenvalue weighted by atomic mass is 9.72. The normalized spacial score (nSPS) is 14.2. The molecule has 0 saturated heterocycles. The molecule has 2 aromatic carbocycles. The molecule has 0 fully saturated rings. The lowest BCUT2D eigenvalue weighted by Gasteiger charge is -2.38. The number of hydrogen-bond donors (Lipinski definition) is 0. The van der Waals surface area contributed by atoms with Gasteiger partial charge in [-0.15, -0.1) is 0 Å². The zero-order valence-electron chi connectivity index (χ0n) is 13.7. The van der Waals surface area contributed by atoms with Crippen molar-refractivity contribution in [1.82, 2.24) is 0 Å². The van der Waals surface area contributed by atoms with Gasteiger partial charge in [0.05, 0.1) is 11.1 Å². The van der Waals surface area contributed by atoms with E-state index >= 15 is 0 Å². The number of alkyl halides is 12. The SMILES string of the molecule is FC(F)(F)c1cccc(C(c2cccc(C(F)(F)F)c2)(C(F)(F)F)C(F)(F)F)c1. The lowest BCUT2D eigenvalue weighted by molar-refractivity contribution is -0.288. The third-order valence-corrected chi connectivity index (χ3v) is 4.10. The van der Waals surface area contributed by atoms with Gasteiger partial charge in [0.1, 0.15) is 0 Å². The topological polar surface area (TPSA) is 0 Å². The molecule has 0 bridgehead atoms. The molecule has 0 atom stereocenters. The van der Waals surface area contributed by atoms with Gasteiger partial charge in [0.25, 0.3) is 0 Å². The maximum atomic E-state index is 13.8. The van der Waals surface area contributed by atoms with Crippen molar-refractivity contribution < 1.29 is 52.7 Å². The molecule has 0 aliphatic rings. The average molecular weight is 440 g/mol. The first-order chi connectivity index (χ1) is 12.9. The number of halogens is 12. The van der Waals surface area contributed by atoms with Crippen LogP contribution in [0.4, 0.5) is 52.7 Å². The summed E-state index contributed by atoms with van der Waals surface area (Å²) in [5.74, 6) is 0. The highest BCUT2D eigenvalue weighted by Gasteiger charge is 2.72. The van der Waals surface area contributed by atoms with E-state index in [1.165, 1.54) is 0 Å². The summed E-state index contributed by atoms with van der Waals surface area (Å²) in [4.78, 5) is 0. The summed E-state index contributed by atoms with van der Waals surface area (Å²) in [6.07, 6.45) is -23.2. The summed E-state index contributed by atoms with van der Waals surface area (Å²) in [6.45, 7) is 0. The molecule has 0 spiro atoms. The van der Waals surface area contributed by atoms with Crippen molar-refractivity contribution in [3.8, 4) is 0 Å². The lowest BCUT2D eigenvalue weighted by Crippen LogP contribution is -2.55. The molecular weight excluding hydrogens is 432 g/mol. The van der Waals surface area contributed by atoms with Crippen LogP contribution >= 0.6 is 0 Å². The fourth-order valence-corrected chi connectivity index (χ4v) is 2.84. The van der Waals surface area contributed by atoms with Crippen LogP contribution in [0.15, 0.2) is 48.5 Å². The van der Waals surface area contributed by atoms with Crippen molar-refractivity contribution in [3.63, 3.8) is 0 Å². The molecule has 0 saturated carbocycles. The highest BCUT2D eigenvalue weighted by molar-refractivity contribution is 5.47. The molecule has 0 nitrogen and oxygen atoms in total. The standard InChI is InChI=1S/C17H8F12/c18-14(19,20)11-5-1-3-9(7-11)13(16(24,25)26,17(27,28)29)10-4-2-6-12(8-10)15(21,22)23/h1-8H. The highest BCUT2D eigenvalue weighted by atomic mass is 19.4. The fraction of sp³-hybridized carbons (Fsp3) is 0.294. The summed E-state index contributed by atoms with van der Waals surface area (Å²) in [7, 11) is 0. The van der Waals surface area contributed by atoms with E-state index in [2.05, 4.69) is 0 Å². The van der Waals surface area contributed by atoms with Crippen LogP contribution in [0.1, 0.15) is 22.3 Å². The Morgan fingerprint density at radius 2 is 0.690 bits per heavy atom. The quantitative estimate of drug-likeness (QED) is 0.436. The van der Waals surface area contributed by atoms with E-state index in [-0.39, 0.29) is 36.4 Å². The summed E-state index contributed by atoms with van der Waals surface area (Å²) >= 11 is 0. The van der Waals surface area contributed by atoms with Crippen molar-refractivity contribution in [3.05, 3.63) is 70.8 Å². The first-order valence-corrected chi connectivity index (χ1v) is 7.41. The molecule has 0 unspecified atom stereocenters. The second kappa shape index (κ2) is 6.84. The first-order valence-electron chi connectivity index (χ1n) is 7.41. The summed E-state index contributed by atoms with van der Waals surface area (Å²) in [5.41, 5.74) is -12.6. The van der Waals surface area contributed by atoms with Crippen LogP contribution in [-0.4, -0.2) is 12.4 Å². The summed E-state index contributed by atoms with van der Waals surface area (Å²) in [5, 5.41) is 0. The van der Waals surface area contributed by atoms with Crippen LogP contribution < -0.4 is 0 Å². The Morgan fingerprint density at radius 1 is 0.414 bits per heavy atom. The first kappa shape index (κ1) is 22.9.